The molecule has 5 heteroatoms. The first-order valence-electron chi connectivity index (χ1n) is 5.37. The van der Waals surface area contributed by atoms with Crippen molar-refractivity contribution in [2.24, 2.45) is 0 Å². The largest absolute Gasteiger partial charge is 0.456 e. The molecule has 1 atom stereocenters. The second-order valence-electron chi connectivity index (χ2n) is 3.84. The third-order valence-electron chi connectivity index (χ3n) is 2.65. The van der Waals surface area contributed by atoms with E-state index in [0.29, 0.717) is 22.1 Å². The summed E-state index contributed by atoms with van der Waals surface area (Å²) >= 11 is 6.02. The highest BCUT2D eigenvalue weighted by Gasteiger charge is 2.17. The number of hydrogen-bond acceptors (Lipinski definition) is 4. The predicted molar refractivity (Wildman–Crippen MR) is 67.3 cm³/mol. The molecule has 0 fully saturated rings. The number of aromatic nitrogens is 2. The van der Waals surface area contributed by atoms with E-state index in [0.717, 1.165) is 5.39 Å². The van der Waals surface area contributed by atoms with Crippen molar-refractivity contribution >= 4 is 22.6 Å². The minimum atomic E-state index is -0.942. The number of halogens is 1. The Morgan fingerprint density at radius 1 is 1.28 bits per heavy atom. The lowest BCUT2D eigenvalue weighted by molar-refractivity contribution is 0.187. The minimum absolute atomic E-state index is 0.401. The maximum absolute atomic E-state index is 10.1. The molecule has 2 heterocycles. The zero-order valence-electron chi connectivity index (χ0n) is 9.25. The van der Waals surface area contributed by atoms with E-state index in [2.05, 4.69) is 9.97 Å². The number of fused-ring (bicyclic) bond motifs is 1. The predicted octanol–water partition coefficient (Wildman–Crippen LogP) is 2.96. The first kappa shape index (κ1) is 11.2. The van der Waals surface area contributed by atoms with Crippen LogP contribution in [-0.4, -0.2) is 15.1 Å². The normalized spacial score (nSPS) is 12.8. The first-order chi connectivity index (χ1) is 8.75. The lowest BCUT2D eigenvalue weighted by Crippen LogP contribution is -2.00. The van der Waals surface area contributed by atoms with Crippen LogP contribution in [0.4, 0.5) is 0 Å². The molecule has 1 aromatic carbocycles. The van der Waals surface area contributed by atoms with Crippen LogP contribution in [0.5, 0.6) is 0 Å². The summed E-state index contributed by atoms with van der Waals surface area (Å²) < 4.78 is 5.57. The number of hydrogen-bond donors (Lipinski definition) is 1. The molecule has 0 bridgehead atoms. The maximum Gasteiger partial charge on any atom is 0.155 e. The molecule has 0 aliphatic carbocycles. The second-order valence-corrected chi connectivity index (χ2v) is 4.25. The molecule has 0 aliphatic rings. The van der Waals surface area contributed by atoms with E-state index in [1.165, 1.54) is 12.4 Å². The molecule has 0 amide bonds. The van der Waals surface area contributed by atoms with Gasteiger partial charge in [-0.1, -0.05) is 23.7 Å². The van der Waals surface area contributed by atoms with Crippen LogP contribution in [0.3, 0.4) is 0 Å². The van der Waals surface area contributed by atoms with Crippen LogP contribution in [0, 0.1) is 0 Å². The van der Waals surface area contributed by atoms with Crippen molar-refractivity contribution in [3.05, 3.63) is 59.3 Å². The standard InChI is InChI=1S/C13H9ClN2O2/c14-9-3-1-2-8-6-11(18-13(8)9)12(17)10-7-15-4-5-16-10/h1-7,12,17H. The Morgan fingerprint density at radius 3 is 2.89 bits per heavy atom. The fraction of sp³-hybridized carbons (Fsp3) is 0.0769. The molecular formula is C13H9ClN2O2. The SMILES string of the molecule is OC(c1cnccn1)c1cc2cccc(Cl)c2o1. The number of aliphatic hydroxyl groups is 1. The van der Waals surface area contributed by atoms with Crippen molar-refractivity contribution in [1.82, 2.24) is 9.97 Å². The Balaban J connectivity index is 2.07. The van der Waals surface area contributed by atoms with Gasteiger partial charge < -0.3 is 9.52 Å². The summed E-state index contributed by atoms with van der Waals surface area (Å²) in [7, 11) is 0. The number of benzene rings is 1. The molecule has 4 nitrogen and oxygen atoms in total. The summed E-state index contributed by atoms with van der Waals surface area (Å²) in [5, 5.41) is 11.5. The Bertz CT molecular complexity index is 682. The summed E-state index contributed by atoms with van der Waals surface area (Å²) in [5.74, 6) is 0.401. The Morgan fingerprint density at radius 2 is 2.17 bits per heavy atom. The van der Waals surface area contributed by atoms with Gasteiger partial charge in [0, 0.05) is 17.8 Å². The smallest absolute Gasteiger partial charge is 0.155 e. The molecule has 18 heavy (non-hydrogen) atoms. The van der Waals surface area contributed by atoms with Crippen LogP contribution in [0.25, 0.3) is 11.0 Å². The van der Waals surface area contributed by atoms with Gasteiger partial charge in [-0.3, -0.25) is 9.97 Å². The number of furan rings is 1. The number of nitrogens with zero attached hydrogens (tertiary/aromatic N) is 2. The molecule has 3 rings (SSSR count). The minimum Gasteiger partial charge on any atom is -0.456 e. The Kier molecular flexibility index (Phi) is 2.74. The van der Waals surface area contributed by atoms with Crippen LogP contribution >= 0.6 is 11.6 Å². The number of rotatable bonds is 2. The molecule has 0 saturated heterocycles. The first-order valence-corrected chi connectivity index (χ1v) is 5.75. The molecule has 90 valence electrons. The van der Waals surface area contributed by atoms with Gasteiger partial charge in [-0.05, 0) is 12.1 Å². The fourth-order valence-corrected chi connectivity index (χ4v) is 2.00. The summed E-state index contributed by atoms with van der Waals surface area (Å²) in [5.41, 5.74) is 1.00. The third-order valence-corrected chi connectivity index (χ3v) is 2.95. The zero-order chi connectivity index (χ0) is 12.5. The molecule has 0 saturated carbocycles. The van der Waals surface area contributed by atoms with Gasteiger partial charge in [-0.2, -0.15) is 0 Å². The molecule has 0 aliphatic heterocycles. The van der Waals surface area contributed by atoms with E-state index in [9.17, 15) is 5.11 Å². The van der Waals surface area contributed by atoms with Crippen LogP contribution in [0.15, 0.2) is 47.3 Å². The highest BCUT2D eigenvalue weighted by molar-refractivity contribution is 6.34. The summed E-state index contributed by atoms with van der Waals surface area (Å²) in [6.07, 6.45) is 3.63. The molecule has 1 unspecified atom stereocenters. The zero-order valence-corrected chi connectivity index (χ0v) is 10.0. The second kappa shape index (κ2) is 4.40. The van der Waals surface area contributed by atoms with Crippen molar-refractivity contribution in [2.45, 2.75) is 6.10 Å². The van der Waals surface area contributed by atoms with Gasteiger partial charge in [0.25, 0.3) is 0 Å². The highest BCUT2D eigenvalue weighted by Crippen LogP contribution is 2.30. The van der Waals surface area contributed by atoms with E-state index in [1.54, 1.807) is 18.3 Å². The number of aliphatic hydroxyl groups excluding tert-OH is 1. The third kappa shape index (κ3) is 1.85. The van der Waals surface area contributed by atoms with Crippen molar-refractivity contribution in [3.8, 4) is 0 Å². The monoisotopic (exact) mass is 260 g/mol. The summed E-state index contributed by atoms with van der Waals surface area (Å²) in [6, 6.07) is 7.20. The van der Waals surface area contributed by atoms with Gasteiger partial charge >= 0.3 is 0 Å². The van der Waals surface area contributed by atoms with Crippen molar-refractivity contribution in [1.29, 1.82) is 0 Å². The summed E-state index contributed by atoms with van der Waals surface area (Å²) in [4.78, 5) is 7.95. The van der Waals surface area contributed by atoms with Crippen LogP contribution in [0.1, 0.15) is 17.6 Å². The summed E-state index contributed by atoms with van der Waals surface area (Å²) in [6.45, 7) is 0. The average molecular weight is 261 g/mol. The van der Waals surface area contributed by atoms with Crippen molar-refractivity contribution in [2.75, 3.05) is 0 Å². The lowest BCUT2D eigenvalue weighted by Gasteiger charge is -2.05. The van der Waals surface area contributed by atoms with E-state index in [4.69, 9.17) is 16.0 Å². The quantitative estimate of drug-likeness (QED) is 0.770. The lowest BCUT2D eigenvalue weighted by atomic mass is 10.2. The Labute approximate surface area is 108 Å². The molecule has 0 spiro atoms. The van der Waals surface area contributed by atoms with Gasteiger partial charge in [0.1, 0.15) is 5.76 Å². The molecule has 2 aromatic heterocycles. The van der Waals surface area contributed by atoms with Gasteiger partial charge in [0.2, 0.25) is 0 Å². The maximum atomic E-state index is 10.1. The molecule has 3 aromatic rings. The molecular weight excluding hydrogens is 252 g/mol. The van der Waals surface area contributed by atoms with E-state index in [-0.39, 0.29) is 0 Å². The van der Waals surface area contributed by atoms with E-state index < -0.39 is 6.10 Å². The van der Waals surface area contributed by atoms with Crippen LogP contribution in [0.2, 0.25) is 5.02 Å². The topological polar surface area (TPSA) is 59.2 Å². The highest BCUT2D eigenvalue weighted by atomic mass is 35.5. The Hall–Kier alpha value is -1.91. The molecule has 0 radical (unpaired) electrons. The average Bonchev–Trinajstić information content (AvgIpc) is 2.84. The van der Waals surface area contributed by atoms with E-state index >= 15 is 0 Å². The van der Waals surface area contributed by atoms with E-state index in [1.807, 2.05) is 12.1 Å². The van der Waals surface area contributed by atoms with Gasteiger partial charge in [0.05, 0.1) is 16.9 Å². The van der Waals surface area contributed by atoms with Crippen LogP contribution in [-0.2, 0) is 0 Å². The van der Waals surface area contributed by atoms with Gasteiger partial charge in [-0.15, -0.1) is 0 Å². The van der Waals surface area contributed by atoms with Gasteiger partial charge in [-0.25, -0.2) is 0 Å². The van der Waals surface area contributed by atoms with Crippen LogP contribution < -0.4 is 0 Å². The fourth-order valence-electron chi connectivity index (χ4n) is 1.78. The molecule has 1 N–H and O–H groups in total. The van der Waals surface area contributed by atoms with Gasteiger partial charge in [0.15, 0.2) is 11.7 Å². The van der Waals surface area contributed by atoms with Crippen molar-refractivity contribution < 1.29 is 9.52 Å². The van der Waals surface area contributed by atoms with Crippen molar-refractivity contribution in [3.63, 3.8) is 0 Å². The number of para-hydroxylation sites is 1.